The second-order valence-corrected chi connectivity index (χ2v) is 2.92. The van der Waals surface area contributed by atoms with E-state index in [0.717, 1.165) is 12.3 Å². The maximum absolute atomic E-state index is 13.1. The number of rotatable bonds is 3. The summed E-state index contributed by atoms with van der Waals surface area (Å²) in [4.78, 5) is 3.57. The summed E-state index contributed by atoms with van der Waals surface area (Å²) in [6, 6.07) is 4.25. The van der Waals surface area contributed by atoms with Gasteiger partial charge in [-0.1, -0.05) is 0 Å². The number of pyridine rings is 1. The minimum absolute atomic E-state index is 0.00722. The fourth-order valence-electron chi connectivity index (χ4n) is 1.13. The summed E-state index contributed by atoms with van der Waals surface area (Å²) in [6.07, 6.45) is 2.47. The molecule has 2 aromatic heterocycles. The zero-order valence-corrected chi connectivity index (χ0v) is 7.71. The van der Waals surface area contributed by atoms with Crippen molar-refractivity contribution in [1.29, 1.82) is 0 Å². The standard InChI is InChI=1S/C10H8F2N2O/c11-7-4-9(12)10(13-5-7)14-6-8-2-1-3-15-8/h1-5H,6H2,(H,13,14). The van der Waals surface area contributed by atoms with Gasteiger partial charge in [-0.3, -0.25) is 0 Å². The molecule has 0 aliphatic heterocycles. The van der Waals surface area contributed by atoms with E-state index in [1.165, 1.54) is 6.26 Å². The lowest BCUT2D eigenvalue weighted by molar-refractivity contribution is 0.516. The summed E-state index contributed by atoms with van der Waals surface area (Å²) >= 11 is 0. The average Bonchev–Trinajstić information content (AvgIpc) is 2.69. The smallest absolute Gasteiger partial charge is 0.168 e. The van der Waals surface area contributed by atoms with Crippen molar-refractivity contribution in [2.45, 2.75) is 6.54 Å². The van der Waals surface area contributed by atoms with Crippen molar-refractivity contribution in [2.75, 3.05) is 5.32 Å². The third kappa shape index (κ3) is 2.31. The number of hydrogen-bond donors (Lipinski definition) is 1. The van der Waals surface area contributed by atoms with Crippen LogP contribution < -0.4 is 5.32 Å². The first-order chi connectivity index (χ1) is 7.25. The van der Waals surface area contributed by atoms with E-state index in [0.29, 0.717) is 12.3 Å². The van der Waals surface area contributed by atoms with E-state index >= 15 is 0 Å². The zero-order chi connectivity index (χ0) is 10.7. The van der Waals surface area contributed by atoms with Gasteiger partial charge in [-0.25, -0.2) is 13.8 Å². The minimum Gasteiger partial charge on any atom is -0.467 e. The molecule has 0 amide bonds. The van der Waals surface area contributed by atoms with Gasteiger partial charge < -0.3 is 9.73 Å². The number of hydrogen-bond acceptors (Lipinski definition) is 3. The molecule has 0 aliphatic carbocycles. The molecule has 5 heteroatoms. The highest BCUT2D eigenvalue weighted by Crippen LogP contribution is 2.12. The second kappa shape index (κ2) is 4.08. The van der Waals surface area contributed by atoms with E-state index in [1.807, 2.05) is 0 Å². The topological polar surface area (TPSA) is 38.1 Å². The molecule has 0 fully saturated rings. The van der Waals surface area contributed by atoms with Crippen LogP contribution in [0.2, 0.25) is 0 Å². The van der Waals surface area contributed by atoms with Crippen LogP contribution in [-0.4, -0.2) is 4.98 Å². The molecule has 1 N–H and O–H groups in total. The molecular weight excluding hydrogens is 202 g/mol. The van der Waals surface area contributed by atoms with Crippen molar-refractivity contribution in [3.63, 3.8) is 0 Å². The van der Waals surface area contributed by atoms with Crippen LogP contribution in [-0.2, 0) is 6.54 Å². The van der Waals surface area contributed by atoms with Gasteiger partial charge in [0, 0.05) is 6.07 Å². The lowest BCUT2D eigenvalue weighted by Gasteiger charge is -2.03. The van der Waals surface area contributed by atoms with Gasteiger partial charge in [-0.2, -0.15) is 0 Å². The zero-order valence-electron chi connectivity index (χ0n) is 7.71. The molecule has 0 unspecified atom stereocenters. The number of anilines is 1. The van der Waals surface area contributed by atoms with Crippen molar-refractivity contribution in [1.82, 2.24) is 4.98 Å². The largest absolute Gasteiger partial charge is 0.467 e. The third-order valence-corrected chi connectivity index (χ3v) is 1.82. The van der Waals surface area contributed by atoms with Gasteiger partial charge >= 0.3 is 0 Å². The molecule has 2 rings (SSSR count). The Morgan fingerprint density at radius 2 is 2.27 bits per heavy atom. The van der Waals surface area contributed by atoms with Gasteiger partial charge in [0.15, 0.2) is 11.6 Å². The third-order valence-electron chi connectivity index (χ3n) is 1.82. The second-order valence-electron chi connectivity index (χ2n) is 2.92. The van der Waals surface area contributed by atoms with Crippen LogP contribution in [0.15, 0.2) is 35.1 Å². The van der Waals surface area contributed by atoms with Crippen LogP contribution in [0.5, 0.6) is 0 Å². The summed E-state index contributed by atoms with van der Waals surface area (Å²) in [6.45, 7) is 0.308. The van der Waals surface area contributed by atoms with Gasteiger partial charge in [0.2, 0.25) is 0 Å². The summed E-state index contributed by atoms with van der Waals surface area (Å²) in [5.41, 5.74) is 0. The predicted octanol–water partition coefficient (Wildman–Crippen LogP) is 2.56. The van der Waals surface area contributed by atoms with Crippen molar-refractivity contribution in [3.8, 4) is 0 Å². The molecule has 2 aromatic rings. The first-order valence-electron chi connectivity index (χ1n) is 4.33. The Morgan fingerprint density at radius 3 is 2.93 bits per heavy atom. The molecule has 3 nitrogen and oxygen atoms in total. The Kier molecular flexibility index (Phi) is 2.62. The highest BCUT2D eigenvalue weighted by Gasteiger charge is 2.05. The van der Waals surface area contributed by atoms with Gasteiger partial charge in [0.05, 0.1) is 19.0 Å². The quantitative estimate of drug-likeness (QED) is 0.846. The van der Waals surface area contributed by atoms with Crippen molar-refractivity contribution in [3.05, 3.63) is 48.1 Å². The minimum atomic E-state index is -0.721. The SMILES string of the molecule is Fc1cnc(NCc2ccco2)c(F)c1. The Hall–Kier alpha value is -1.91. The first kappa shape index (κ1) is 9.64. The fourth-order valence-corrected chi connectivity index (χ4v) is 1.13. The Morgan fingerprint density at radius 1 is 1.40 bits per heavy atom. The Bertz CT molecular complexity index is 443. The lowest BCUT2D eigenvalue weighted by Crippen LogP contribution is -2.03. The number of furan rings is 1. The summed E-state index contributed by atoms with van der Waals surface area (Å²) in [5.74, 6) is -0.758. The van der Waals surface area contributed by atoms with Crippen LogP contribution >= 0.6 is 0 Å². The Labute approximate surface area is 84.7 Å². The van der Waals surface area contributed by atoms with Crippen molar-refractivity contribution < 1.29 is 13.2 Å². The molecule has 78 valence electrons. The molecule has 2 heterocycles. The van der Waals surface area contributed by atoms with E-state index < -0.39 is 11.6 Å². The van der Waals surface area contributed by atoms with Gasteiger partial charge in [-0.15, -0.1) is 0 Å². The van der Waals surface area contributed by atoms with Crippen LogP contribution in [0.25, 0.3) is 0 Å². The van der Waals surface area contributed by atoms with Crippen LogP contribution in [0.1, 0.15) is 5.76 Å². The van der Waals surface area contributed by atoms with E-state index in [4.69, 9.17) is 4.42 Å². The molecule has 0 bridgehead atoms. The van der Waals surface area contributed by atoms with E-state index in [2.05, 4.69) is 10.3 Å². The van der Waals surface area contributed by atoms with Gasteiger partial charge in [0.25, 0.3) is 0 Å². The molecular formula is C10H8F2N2O. The van der Waals surface area contributed by atoms with Crippen LogP contribution in [0.4, 0.5) is 14.6 Å². The fraction of sp³-hybridized carbons (Fsp3) is 0.100. The number of nitrogens with zero attached hydrogens (tertiary/aromatic N) is 1. The van der Waals surface area contributed by atoms with E-state index in [1.54, 1.807) is 12.1 Å². The molecule has 0 spiro atoms. The summed E-state index contributed by atoms with van der Waals surface area (Å²) in [7, 11) is 0. The lowest BCUT2D eigenvalue weighted by atomic mass is 10.4. The van der Waals surface area contributed by atoms with E-state index in [-0.39, 0.29) is 5.82 Å². The summed E-state index contributed by atoms with van der Waals surface area (Å²) in [5, 5.41) is 2.70. The monoisotopic (exact) mass is 210 g/mol. The molecule has 0 saturated heterocycles. The molecule has 0 atom stereocenters. The number of nitrogens with one attached hydrogen (secondary N) is 1. The molecule has 0 saturated carbocycles. The maximum atomic E-state index is 13.1. The van der Waals surface area contributed by atoms with E-state index in [9.17, 15) is 8.78 Å². The number of aromatic nitrogens is 1. The predicted molar refractivity (Wildman–Crippen MR) is 50.2 cm³/mol. The normalized spacial score (nSPS) is 10.3. The van der Waals surface area contributed by atoms with Crippen LogP contribution in [0, 0.1) is 11.6 Å². The van der Waals surface area contributed by atoms with Gasteiger partial charge in [0.1, 0.15) is 11.6 Å². The number of halogens is 2. The van der Waals surface area contributed by atoms with Crippen LogP contribution in [0.3, 0.4) is 0 Å². The molecule has 0 aliphatic rings. The average molecular weight is 210 g/mol. The molecule has 0 aromatic carbocycles. The highest BCUT2D eigenvalue weighted by atomic mass is 19.1. The first-order valence-corrected chi connectivity index (χ1v) is 4.33. The van der Waals surface area contributed by atoms with Crippen molar-refractivity contribution >= 4 is 5.82 Å². The highest BCUT2D eigenvalue weighted by molar-refractivity contribution is 5.36. The molecule has 15 heavy (non-hydrogen) atoms. The maximum Gasteiger partial charge on any atom is 0.168 e. The molecule has 0 radical (unpaired) electrons. The summed E-state index contributed by atoms with van der Waals surface area (Å²) < 4.78 is 30.6. The van der Waals surface area contributed by atoms with Gasteiger partial charge in [-0.05, 0) is 12.1 Å². The Balaban J connectivity index is 2.05. The van der Waals surface area contributed by atoms with Crippen molar-refractivity contribution in [2.24, 2.45) is 0 Å².